The van der Waals surface area contributed by atoms with Crippen LogP contribution in [0.3, 0.4) is 0 Å². The highest BCUT2D eigenvalue weighted by atomic mass is 16.6. The average Bonchev–Trinajstić information content (AvgIpc) is 2.38. The van der Waals surface area contributed by atoms with Crippen molar-refractivity contribution in [1.29, 1.82) is 0 Å². The molecule has 0 heterocycles. The van der Waals surface area contributed by atoms with Crippen LogP contribution in [0.15, 0.2) is 24.3 Å². The minimum Gasteiger partial charge on any atom is -0.342 e. The molecule has 0 aromatic heterocycles. The van der Waals surface area contributed by atoms with Gasteiger partial charge in [-0.25, -0.2) is 0 Å². The molecule has 0 aliphatic heterocycles. The van der Waals surface area contributed by atoms with Crippen LogP contribution in [0.1, 0.15) is 25.3 Å². The fraction of sp³-hybridized carbons (Fsp3) is 0.357. The Hall–Kier alpha value is -2.35. The van der Waals surface area contributed by atoms with Crippen molar-refractivity contribution >= 4 is 11.6 Å². The van der Waals surface area contributed by atoms with Gasteiger partial charge in [0.25, 0.3) is 5.69 Å². The number of hydrogen-bond acceptors (Lipinski definition) is 3. The zero-order chi connectivity index (χ0) is 14.3. The predicted molar refractivity (Wildman–Crippen MR) is 72.5 cm³/mol. The number of carbonyl (C=O) groups is 1. The molecule has 1 N–H and O–H groups in total. The number of terminal acetylenes is 1. The smallest absolute Gasteiger partial charge is 0.273 e. The fourth-order valence-corrected chi connectivity index (χ4v) is 1.74. The van der Waals surface area contributed by atoms with E-state index < -0.39 is 4.92 Å². The minimum atomic E-state index is -0.493. The lowest BCUT2D eigenvalue weighted by Crippen LogP contribution is -2.34. The van der Waals surface area contributed by atoms with E-state index in [9.17, 15) is 14.9 Å². The summed E-state index contributed by atoms with van der Waals surface area (Å²) < 4.78 is 0. The van der Waals surface area contributed by atoms with Crippen LogP contribution >= 0.6 is 0 Å². The van der Waals surface area contributed by atoms with Crippen molar-refractivity contribution in [3.63, 3.8) is 0 Å². The van der Waals surface area contributed by atoms with E-state index in [-0.39, 0.29) is 24.1 Å². The van der Waals surface area contributed by atoms with Crippen molar-refractivity contribution in [2.75, 3.05) is 0 Å². The molecule has 1 unspecified atom stereocenters. The van der Waals surface area contributed by atoms with Gasteiger partial charge in [0, 0.05) is 11.6 Å². The number of nitrogens with one attached hydrogen (secondary N) is 1. The molecule has 0 spiro atoms. The molecule has 5 nitrogen and oxygen atoms in total. The van der Waals surface area contributed by atoms with Gasteiger partial charge in [0.1, 0.15) is 0 Å². The largest absolute Gasteiger partial charge is 0.342 e. The molecule has 1 amide bonds. The van der Waals surface area contributed by atoms with Gasteiger partial charge in [0.2, 0.25) is 5.91 Å². The van der Waals surface area contributed by atoms with Crippen molar-refractivity contribution in [2.24, 2.45) is 0 Å². The molecular weight excluding hydrogens is 244 g/mol. The van der Waals surface area contributed by atoms with Gasteiger partial charge in [0.05, 0.1) is 17.4 Å². The van der Waals surface area contributed by atoms with E-state index >= 15 is 0 Å². The Morgan fingerprint density at radius 3 is 2.79 bits per heavy atom. The number of amides is 1. The van der Waals surface area contributed by atoms with E-state index in [1.54, 1.807) is 18.2 Å². The van der Waals surface area contributed by atoms with Gasteiger partial charge in [0.15, 0.2) is 0 Å². The van der Waals surface area contributed by atoms with E-state index in [4.69, 9.17) is 6.42 Å². The first-order chi connectivity index (χ1) is 9.08. The average molecular weight is 260 g/mol. The minimum absolute atomic E-state index is 0.0426. The third-order valence-corrected chi connectivity index (χ3v) is 2.65. The number of hydrogen-bond donors (Lipinski definition) is 1. The maximum atomic E-state index is 11.8. The van der Waals surface area contributed by atoms with E-state index in [2.05, 4.69) is 11.2 Å². The molecular formula is C14H16N2O3. The third-order valence-electron chi connectivity index (χ3n) is 2.65. The van der Waals surface area contributed by atoms with Gasteiger partial charge >= 0.3 is 0 Å². The van der Waals surface area contributed by atoms with Gasteiger partial charge < -0.3 is 5.32 Å². The number of rotatable bonds is 6. The Bertz CT molecular complexity index is 506. The first kappa shape index (κ1) is 14.7. The Kier molecular flexibility index (Phi) is 5.55. The molecule has 0 aliphatic carbocycles. The number of nitrogens with zero attached hydrogens (tertiary/aromatic N) is 1. The van der Waals surface area contributed by atoms with Crippen LogP contribution in [-0.2, 0) is 11.2 Å². The SMILES string of the molecule is C#CC(CCC)NC(=O)Cc1ccccc1[N+](=O)[O-]. The number of carbonyl (C=O) groups excluding carboxylic acids is 1. The first-order valence-corrected chi connectivity index (χ1v) is 6.06. The molecule has 19 heavy (non-hydrogen) atoms. The van der Waals surface area contributed by atoms with Crippen LogP contribution in [0, 0.1) is 22.5 Å². The Labute approximate surface area is 112 Å². The van der Waals surface area contributed by atoms with Gasteiger partial charge in [-0.05, 0) is 6.42 Å². The van der Waals surface area contributed by atoms with E-state index in [0.717, 1.165) is 6.42 Å². The Morgan fingerprint density at radius 1 is 1.53 bits per heavy atom. The summed E-state index contributed by atoms with van der Waals surface area (Å²) in [4.78, 5) is 22.1. The summed E-state index contributed by atoms with van der Waals surface area (Å²) >= 11 is 0. The summed E-state index contributed by atoms with van der Waals surface area (Å²) in [6.45, 7) is 1.97. The van der Waals surface area contributed by atoms with Gasteiger partial charge in [-0.1, -0.05) is 37.5 Å². The summed E-state index contributed by atoms with van der Waals surface area (Å²) in [7, 11) is 0. The summed E-state index contributed by atoms with van der Waals surface area (Å²) in [5.74, 6) is 2.19. The number of benzene rings is 1. The van der Waals surface area contributed by atoms with E-state index in [1.165, 1.54) is 6.07 Å². The molecule has 0 radical (unpaired) electrons. The van der Waals surface area contributed by atoms with Crippen molar-refractivity contribution in [1.82, 2.24) is 5.32 Å². The monoisotopic (exact) mass is 260 g/mol. The molecule has 100 valence electrons. The number of para-hydroxylation sites is 1. The van der Waals surface area contributed by atoms with Crippen molar-refractivity contribution < 1.29 is 9.72 Å². The maximum Gasteiger partial charge on any atom is 0.273 e. The number of nitro groups is 1. The maximum absolute atomic E-state index is 11.8. The van der Waals surface area contributed by atoms with Crippen molar-refractivity contribution in [3.05, 3.63) is 39.9 Å². The van der Waals surface area contributed by atoms with Crippen molar-refractivity contribution in [2.45, 2.75) is 32.2 Å². The lowest BCUT2D eigenvalue weighted by Gasteiger charge is -2.11. The van der Waals surface area contributed by atoms with Crippen LogP contribution in [-0.4, -0.2) is 16.9 Å². The third kappa shape index (κ3) is 4.43. The highest BCUT2D eigenvalue weighted by Gasteiger charge is 2.16. The van der Waals surface area contributed by atoms with Gasteiger partial charge in [-0.15, -0.1) is 6.42 Å². The Balaban J connectivity index is 2.72. The second-order valence-electron chi connectivity index (χ2n) is 4.14. The quantitative estimate of drug-likeness (QED) is 0.483. The molecule has 1 aromatic rings. The van der Waals surface area contributed by atoms with E-state index in [1.807, 2.05) is 6.92 Å². The summed E-state index contributed by atoms with van der Waals surface area (Å²) in [6.07, 6.45) is 6.82. The van der Waals surface area contributed by atoms with Crippen LogP contribution in [0.4, 0.5) is 5.69 Å². The molecule has 0 aliphatic rings. The molecule has 0 saturated heterocycles. The summed E-state index contributed by atoms with van der Waals surface area (Å²) in [6, 6.07) is 5.87. The van der Waals surface area contributed by atoms with E-state index in [0.29, 0.717) is 12.0 Å². The van der Waals surface area contributed by atoms with Crippen LogP contribution in [0.25, 0.3) is 0 Å². The first-order valence-electron chi connectivity index (χ1n) is 6.06. The highest BCUT2D eigenvalue weighted by Crippen LogP contribution is 2.18. The van der Waals surface area contributed by atoms with Crippen LogP contribution < -0.4 is 5.32 Å². The summed E-state index contributed by atoms with van der Waals surface area (Å²) in [5, 5.41) is 13.5. The number of nitro benzene ring substituents is 1. The van der Waals surface area contributed by atoms with Gasteiger partial charge in [-0.2, -0.15) is 0 Å². The van der Waals surface area contributed by atoms with Crippen LogP contribution in [0.2, 0.25) is 0 Å². The van der Waals surface area contributed by atoms with Crippen molar-refractivity contribution in [3.8, 4) is 12.3 Å². The predicted octanol–water partition coefficient (Wildman–Crippen LogP) is 2.06. The summed E-state index contributed by atoms with van der Waals surface area (Å²) in [5.41, 5.74) is 0.336. The zero-order valence-corrected chi connectivity index (χ0v) is 10.8. The molecule has 0 saturated carbocycles. The standard InChI is InChI=1S/C14H16N2O3/c1-3-7-12(4-2)15-14(17)10-11-8-5-6-9-13(11)16(18)19/h2,5-6,8-9,12H,3,7,10H2,1H3,(H,15,17). The molecule has 1 rings (SSSR count). The second-order valence-corrected chi connectivity index (χ2v) is 4.14. The normalized spacial score (nSPS) is 11.4. The molecule has 5 heteroatoms. The lowest BCUT2D eigenvalue weighted by atomic mass is 10.1. The van der Waals surface area contributed by atoms with Gasteiger partial charge in [-0.3, -0.25) is 14.9 Å². The molecule has 1 aromatic carbocycles. The molecule has 1 atom stereocenters. The molecule has 0 bridgehead atoms. The highest BCUT2D eigenvalue weighted by molar-refractivity contribution is 5.80. The Morgan fingerprint density at radius 2 is 2.21 bits per heavy atom. The fourth-order valence-electron chi connectivity index (χ4n) is 1.74. The lowest BCUT2D eigenvalue weighted by molar-refractivity contribution is -0.385. The zero-order valence-electron chi connectivity index (χ0n) is 10.8. The second kappa shape index (κ2) is 7.17. The topological polar surface area (TPSA) is 72.2 Å². The van der Waals surface area contributed by atoms with Crippen LogP contribution in [0.5, 0.6) is 0 Å². The molecule has 0 fully saturated rings.